The van der Waals surface area contributed by atoms with E-state index in [-0.39, 0.29) is 24.6 Å². The molecule has 0 aromatic heterocycles. The molecule has 1 fully saturated rings. The van der Waals surface area contributed by atoms with Crippen molar-refractivity contribution in [2.45, 2.75) is 37.4 Å². The van der Waals surface area contributed by atoms with Crippen LogP contribution in [0.3, 0.4) is 0 Å². The van der Waals surface area contributed by atoms with Gasteiger partial charge in [0.25, 0.3) is 0 Å². The van der Waals surface area contributed by atoms with Crippen LogP contribution >= 0.6 is 0 Å². The quantitative estimate of drug-likeness (QED) is 0.413. The molecule has 2 aromatic carbocycles. The lowest BCUT2D eigenvalue weighted by Gasteiger charge is -2.16. The number of aliphatic hydroxyl groups is 2. The fourth-order valence-electron chi connectivity index (χ4n) is 3.30. The Hall–Kier alpha value is -3.21. The number of hydrogen-bond donors (Lipinski definition) is 5. The third-order valence-corrected chi connectivity index (χ3v) is 5.04. The number of nitrogens with one attached hydrogen (secondary N) is 3. The summed E-state index contributed by atoms with van der Waals surface area (Å²) >= 11 is 0. The number of hydrogen-bond acceptors (Lipinski definition) is 6. The van der Waals surface area contributed by atoms with Crippen molar-refractivity contribution in [2.75, 3.05) is 19.0 Å². The van der Waals surface area contributed by atoms with E-state index in [0.29, 0.717) is 12.3 Å². The number of urea groups is 1. The lowest BCUT2D eigenvalue weighted by atomic mass is 10.1. The second kappa shape index (κ2) is 10.9. The van der Waals surface area contributed by atoms with Gasteiger partial charge in [0, 0.05) is 18.8 Å². The third kappa shape index (κ3) is 6.39. The van der Waals surface area contributed by atoms with Crippen molar-refractivity contribution in [1.82, 2.24) is 10.6 Å². The van der Waals surface area contributed by atoms with E-state index in [1.165, 1.54) is 18.2 Å². The summed E-state index contributed by atoms with van der Waals surface area (Å²) < 4.78 is 23.8. The lowest BCUT2D eigenvalue weighted by Crippen LogP contribution is -2.41. The van der Waals surface area contributed by atoms with Gasteiger partial charge in [-0.15, -0.1) is 0 Å². The summed E-state index contributed by atoms with van der Waals surface area (Å²) in [5.41, 5.74) is 1.14. The average molecular weight is 447 g/mol. The maximum atomic E-state index is 13.2. The van der Waals surface area contributed by atoms with Crippen LogP contribution in [0.1, 0.15) is 12.0 Å². The number of benzene rings is 2. The van der Waals surface area contributed by atoms with Gasteiger partial charge < -0.3 is 35.6 Å². The summed E-state index contributed by atoms with van der Waals surface area (Å²) in [4.78, 5) is 24.2. The average Bonchev–Trinajstić information content (AvgIpc) is 3.04. The number of halogens is 1. The fraction of sp³-hybridized carbons (Fsp3) is 0.364. The van der Waals surface area contributed by atoms with E-state index in [4.69, 9.17) is 9.47 Å². The first-order chi connectivity index (χ1) is 15.4. The van der Waals surface area contributed by atoms with Crippen LogP contribution in [-0.2, 0) is 16.1 Å². The summed E-state index contributed by atoms with van der Waals surface area (Å²) in [6, 6.07) is 12.0. The van der Waals surface area contributed by atoms with Crippen LogP contribution in [0, 0.1) is 5.82 Å². The molecule has 1 saturated heterocycles. The smallest absolute Gasteiger partial charge is 0.319 e. The minimum absolute atomic E-state index is 0.108. The van der Waals surface area contributed by atoms with Gasteiger partial charge in [0.1, 0.15) is 29.9 Å². The molecule has 0 saturated carbocycles. The Morgan fingerprint density at radius 1 is 1.06 bits per heavy atom. The molecule has 1 heterocycles. The van der Waals surface area contributed by atoms with E-state index < -0.39 is 36.3 Å². The van der Waals surface area contributed by atoms with Gasteiger partial charge in [0.15, 0.2) is 0 Å². The molecule has 0 aliphatic carbocycles. The topological polar surface area (TPSA) is 129 Å². The first-order valence-electron chi connectivity index (χ1n) is 10.1. The van der Waals surface area contributed by atoms with Crippen LogP contribution in [-0.4, -0.2) is 60.2 Å². The number of ether oxygens (including phenoxy) is 2. The first-order valence-corrected chi connectivity index (χ1v) is 10.1. The number of anilines is 1. The number of rotatable bonds is 8. The van der Waals surface area contributed by atoms with E-state index in [1.807, 2.05) is 12.1 Å². The second-order valence-corrected chi connectivity index (χ2v) is 7.37. The Labute approximate surface area is 184 Å². The minimum atomic E-state index is -1.28. The molecule has 0 unspecified atom stereocenters. The third-order valence-electron chi connectivity index (χ3n) is 5.04. The largest absolute Gasteiger partial charge is 0.497 e. The highest BCUT2D eigenvalue weighted by Crippen LogP contribution is 2.23. The predicted octanol–water partition coefficient (Wildman–Crippen LogP) is 1.15. The van der Waals surface area contributed by atoms with Crippen molar-refractivity contribution in [2.24, 2.45) is 0 Å². The molecule has 1 aliphatic rings. The molecule has 1 aliphatic heterocycles. The molecule has 172 valence electrons. The number of carbonyl (C=O) groups is 2. The van der Waals surface area contributed by atoms with Crippen molar-refractivity contribution < 1.29 is 33.7 Å². The van der Waals surface area contributed by atoms with Crippen LogP contribution in [0.15, 0.2) is 48.5 Å². The normalized spacial score (nSPS) is 22.2. The first kappa shape index (κ1) is 23.5. The van der Waals surface area contributed by atoms with Gasteiger partial charge in [0.05, 0.1) is 19.6 Å². The van der Waals surface area contributed by atoms with E-state index in [2.05, 4.69) is 16.0 Å². The SMILES string of the molecule is COc1ccc(CNC(=O)C[C@@H]2O[C@H](CNC(=O)Nc3cccc(F)c3)[C@@H](O)[C@H]2O)cc1. The summed E-state index contributed by atoms with van der Waals surface area (Å²) in [6.07, 6.45) is -4.52. The minimum Gasteiger partial charge on any atom is -0.497 e. The second-order valence-electron chi connectivity index (χ2n) is 7.37. The summed E-state index contributed by atoms with van der Waals surface area (Å²) in [5.74, 6) is -0.135. The van der Waals surface area contributed by atoms with Crippen molar-refractivity contribution in [3.8, 4) is 5.75 Å². The van der Waals surface area contributed by atoms with Gasteiger partial charge in [-0.3, -0.25) is 4.79 Å². The van der Waals surface area contributed by atoms with Gasteiger partial charge in [0.2, 0.25) is 5.91 Å². The van der Waals surface area contributed by atoms with Crippen molar-refractivity contribution in [1.29, 1.82) is 0 Å². The molecule has 32 heavy (non-hydrogen) atoms. The molecule has 4 atom stereocenters. The molecule has 9 nitrogen and oxygen atoms in total. The predicted molar refractivity (Wildman–Crippen MR) is 114 cm³/mol. The van der Waals surface area contributed by atoms with Gasteiger partial charge in [-0.1, -0.05) is 18.2 Å². The van der Waals surface area contributed by atoms with Gasteiger partial charge in [-0.25, -0.2) is 9.18 Å². The highest BCUT2D eigenvalue weighted by Gasteiger charge is 2.43. The molecule has 2 aromatic rings. The molecule has 0 radical (unpaired) electrons. The molecule has 0 spiro atoms. The zero-order chi connectivity index (χ0) is 23.1. The molecular weight excluding hydrogens is 421 g/mol. The fourth-order valence-corrected chi connectivity index (χ4v) is 3.30. The van der Waals surface area contributed by atoms with Crippen LogP contribution in [0.25, 0.3) is 0 Å². The van der Waals surface area contributed by atoms with Gasteiger partial charge >= 0.3 is 6.03 Å². The number of aliphatic hydroxyl groups excluding tert-OH is 2. The number of methoxy groups -OCH3 is 1. The lowest BCUT2D eigenvalue weighted by molar-refractivity contribution is -0.125. The monoisotopic (exact) mass is 447 g/mol. The Morgan fingerprint density at radius 2 is 1.78 bits per heavy atom. The highest BCUT2D eigenvalue weighted by atomic mass is 19.1. The summed E-state index contributed by atoms with van der Waals surface area (Å²) in [6.45, 7) is 0.183. The highest BCUT2D eigenvalue weighted by molar-refractivity contribution is 5.89. The standard InChI is InChI=1S/C22H26FN3O6/c1-31-16-7-5-13(6-8-16)11-24-19(27)10-17-20(28)21(29)18(32-17)12-25-22(30)26-15-4-2-3-14(23)9-15/h2-9,17-18,20-21,28-29H,10-12H2,1H3,(H,24,27)(H2,25,26,30)/t17-,18+,20-,21+/m0/s1. The Kier molecular flexibility index (Phi) is 7.98. The molecule has 5 N–H and O–H groups in total. The maximum absolute atomic E-state index is 13.2. The van der Waals surface area contributed by atoms with E-state index in [0.717, 1.165) is 11.6 Å². The zero-order valence-electron chi connectivity index (χ0n) is 17.5. The van der Waals surface area contributed by atoms with E-state index in [1.54, 1.807) is 19.2 Å². The van der Waals surface area contributed by atoms with E-state index in [9.17, 15) is 24.2 Å². The van der Waals surface area contributed by atoms with Crippen LogP contribution in [0.4, 0.5) is 14.9 Å². The Morgan fingerprint density at radius 3 is 2.47 bits per heavy atom. The van der Waals surface area contributed by atoms with E-state index >= 15 is 0 Å². The Balaban J connectivity index is 1.43. The molecular formula is C22H26FN3O6. The summed E-state index contributed by atoms with van der Waals surface area (Å²) in [7, 11) is 1.57. The zero-order valence-corrected chi connectivity index (χ0v) is 17.5. The van der Waals surface area contributed by atoms with Crippen LogP contribution in [0.2, 0.25) is 0 Å². The van der Waals surface area contributed by atoms with Crippen LogP contribution in [0.5, 0.6) is 5.75 Å². The molecule has 3 amide bonds. The summed E-state index contributed by atoms with van der Waals surface area (Å²) in [5, 5.41) is 28.1. The maximum Gasteiger partial charge on any atom is 0.319 e. The molecule has 3 rings (SSSR count). The van der Waals surface area contributed by atoms with Gasteiger partial charge in [-0.05, 0) is 35.9 Å². The number of amides is 3. The van der Waals surface area contributed by atoms with Crippen LogP contribution < -0.4 is 20.7 Å². The van der Waals surface area contributed by atoms with Crippen molar-refractivity contribution in [3.63, 3.8) is 0 Å². The van der Waals surface area contributed by atoms with Gasteiger partial charge in [-0.2, -0.15) is 0 Å². The van der Waals surface area contributed by atoms with Crippen molar-refractivity contribution >= 4 is 17.6 Å². The molecule has 10 heteroatoms. The number of carbonyl (C=O) groups excluding carboxylic acids is 2. The molecule has 0 bridgehead atoms. The van der Waals surface area contributed by atoms with Crippen molar-refractivity contribution in [3.05, 3.63) is 59.9 Å². The Bertz CT molecular complexity index is 926.